The van der Waals surface area contributed by atoms with E-state index in [2.05, 4.69) is 4.84 Å². The van der Waals surface area contributed by atoms with Gasteiger partial charge in [0.2, 0.25) is 6.41 Å². The molecule has 1 atom stereocenters. The Labute approximate surface area is 101 Å². The van der Waals surface area contributed by atoms with Gasteiger partial charge in [-0.15, -0.1) is 5.47 Å². The minimum Gasteiger partial charge on any atom is -0.464 e. The van der Waals surface area contributed by atoms with E-state index in [9.17, 15) is 14.4 Å². The second-order valence-electron chi connectivity index (χ2n) is 3.38. The van der Waals surface area contributed by atoms with Gasteiger partial charge in [0, 0.05) is 7.05 Å². The summed E-state index contributed by atoms with van der Waals surface area (Å²) in [6, 6.07) is -1.06. The minimum absolute atomic E-state index is 0.237. The Morgan fingerprint density at radius 2 is 2.24 bits per heavy atom. The summed E-state index contributed by atoms with van der Waals surface area (Å²) in [7, 11) is 1.17. The van der Waals surface area contributed by atoms with Crippen LogP contribution in [-0.2, 0) is 19.2 Å². The first kappa shape index (κ1) is 13.4. The third-order valence-electron chi connectivity index (χ3n) is 1.82. The zero-order valence-corrected chi connectivity index (χ0v) is 10.2. The molecule has 0 bridgehead atoms. The maximum absolute atomic E-state index is 11.4. The highest BCUT2D eigenvalue weighted by Gasteiger charge is 2.17. The van der Waals surface area contributed by atoms with Crippen molar-refractivity contribution in [2.24, 2.45) is 0 Å². The predicted octanol–water partition coefficient (Wildman–Crippen LogP) is 0.448. The van der Waals surface area contributed by atoms with Gasteiger partial charge in [-0.05, 0) is 13.3 Å². The molecule has 7 nitrogen and oxygen atoms in total. The summed E-state index contributed by atoms with van der Waals surface area (Å²) in [4.78, 5) is 37.9. The summed E-state index contributed by atoms with van der Waals surface area (Å²) < 4.78 is 12.2. The zero-order chi connectivity index (χ0) is 14.1. The van der Waals surface area contributed by atoms with E-state index in [0.29, 0.717) is 10.4 Å². The first-order valence-corrected chi connectivity index (χ1v) is 5.28. The van der Waals surface area contributed by atoms with Crippen molar-refractivity contribution in [2.75, 3.05) is 13.7 Å². The van der Waals surface area contributed by atoms with Crippen molar-refractivity contribution >= 4 is 18.5 Å². The lowest BCUT2D eigenvalue weighted by Gasteiger charge is -2.14. The summed E-state index contributed by atoms with van der Waals surface area (Å²) in [6.07, 6.45) is 0.795. The summed E-state index contributed by atoms with van der Waals surface area (Å²) in [5.41, 5.74) is 0.302. The average Bonchev–Trinajstić information content (AvgIpc) is 2.36. The first-order valence-electron chi connectivity index (χ1n) is 5.73. The topological polar surface area (TPSA) is 84.9 Å². The largest absolute Gasteiger partial charge is 0.464 e. The Morgan fingerprint density at radius 3 is 2.76 bits per heavy atom. The van der Waals surface area contributed by atoms with Crippen LogP contribution in [0, 0.1) is 0 Å². The predicted molar refractivity (Wildman–Crippen MR) is 58.8 cm³/mol. The molecule has 0 unspecified atom stereocenters. The Kier molecular flexibility index (Phi) is 6.73. The summed E-state index contributed by atoms with van der Waals surface area (Å²) in [5.74, 6) is -0.667. The number of nitrogens with zero attached hydrogens (tertiary/aromatic N) is 1. The molecule has 0 aromatic rings. The molecule has 0 aliphatic heterocycles. The van der Waals surface area contributed by atoms with Crippen molar-refractivity contribution in [3.05, 3.63) is 0 Å². The molecule has 17 heavy (non-hydrogen) atoms. The fourth-order valence-corrected chi connectivity index (χ4v) is 0.712. The van der Waals surface area contributed by atoms with Gasteiger partial charge in [-0.1, -0.05) is 13.3 Å². The highest BCUT2D eigenvalue weighted by Crippen LogP contribution is 1.93. The Morgan fingerprint density at radius 1 is 1.59 bits per heavy atom. The zero-order valence-electron chi connectivity index (χ0n) is 11.2. The first-order chi connectivity index (χ1) is 8.43. The third kappa shape index (κ3) is 6.52. The van der Waals surface area contributed by atoms with Crippen LogP contribution in [0.3, 0.4) is 0 Å². The van der Waals surface area contributed by atoms with E-state index < -0.39 is 18.1 Å². The smallest absolute Gasteiger partial charge is 0.435 e. The van der Waals surface area contributed by atoms with Gasteiger partial charge in [-0.3, -0.25) is 14.5 Å². The summed E-state index contributed by atoms with van der Waals surface area (Å²) >= 11 is 0. The van der Waals surface area contributed by atoms with Crippen molar-refractivity contribution in [1.29, 1.82) is 0 Å². The van der Waals surface area contributed by atoms with E-state index in [1.165, 1.54) is 14.0 Å². The van der Waals surface area contributed by atoms with Crippen LogP contribution in [0.5, 0.6) is 0 Å². The fraction of sp³-hybridized carbons (Fsp3) is 0.700. The van der Waals surface area contributed by atoms with E-state index in [-0.39, 0.29) is 13.0 Å². The molecule has 0 aromatic heterocycles. The van der Waals surface area contributed by atoms with Gasteiger partial charge < -0.3 is 9.57 Å². The number of ether oxygens (including phenoxy) is 1. The number of unbranched alkanes of at least 4 members (excludes halogenated alkanes) is 1. The van der Waals surface area contributed by atoms with Crippen LogP contribution in [-0.4, -0.2) is 43.1 Å². The molecule has 0 heterocycles. The highest BCUT2D eigenvalue weighted by atomic mass is 16.7. The second-order valence-corrected chi connectivity index (χ2v) is 3.38. The molecule has 1 N–H and O–H groups in total. The standard InChI is InChI=1S/C10H18N2O5/c1-4-5-6-16-9(14)8(2)11-17-10(15)12(3)7-13/h7-8,11H,4-6H2,1-3H3/t8-/m0/s1/i/hT. The number of hydrogen-bond acceptors (Lipinski definition) is 6. The van der Waals surface area contributed by atoms with Gasteiger partial charge in [0.05, 0.1) is 6.61 Å². The number of imide groups is 1. The molecule has 0 aliphatic rings. The molecule has 0 saturated carbocycles. The molecular weight excluding hydrogens is 228 g/mol. The second kappa shape index (κ2) is 8.51. The number of carbonyl (C=O) groups is 3. The average molecular weight is 248 g/mol. The molecule has 0 aliphatic carbocycles. The molecule has 0 aromatic carbocycles. The number of rotatable bonds is 7. The maximum atomic E-state index is 11.4. The fourth-order valence-electron chi connectivity index (χ4n) is 0.712. The molecule has 0 radical (unpaired) electrons. The molecule has 98 valence electrons. The van der Waals surface area contributed by atoms with Crippen LogP contribution in [0.25, 0.3) is 0 Å². The molecule has 0 rings (SSSR count). The molecule has 0 fully saturated rings. The van der Waals surface area contributed by atoms with Gasteiger partial charge in [0.15, 0.2) is 1.41 Å². The lowest BCUT2D eigenvalue weighted by Crippen LogP contribution is -2.40. The van der Waals surface area contributed by atoms with Crippen LogP contribution >= 0.6 is 0 Å². The normalized spacial score (nSPS) is 12.6. The number of hydrogen-bond donors (Lipinski definition) is 1. The van der Waals surface area contributed by atoms with Crippen LogP contribution in [0.4, 0.5) is 4.79 Å². The van der Waals surface area contributed by atoms with Gasteiger partial charge in [-0.2, -0.15) is 0 Å². The lowest BCUT2D eigenvalue weighted by molar-refractivity contribution is -0.148. The van der Waals surface area contributed by atoms with Crippen LogP contribution in [0.2, 0.25) is 1.41 Å². The van der Waals surface area contributed by atoms with Crippen LogP contribution < -0.4 is 5.47 Å². The van der Waals surface area contributed by atoms with Crippen LogP contribution in [0.15, 0.2) is 0 Å². The Balaban J connectivity index is 4.16. The van der Waals surface area contributed by atoms with E-state index in [1.807, 2.05) is 6.92 Å². The highest BCUT2D eigenvalue weighted by molar-refractivity contribution is 5.80. The van der Waals surface area contributed by atoms with Crippen molar-refractivity contribution in [3.8, 4) is 0 Å². The van der Waals surface area contributed by atoms with Gasteiger partial charge in [0.1, 0.15) is 6.04 Å². The molecule has 0 spiro atoms. The Hall–Kier alpha value is -1.63. The molecular formula is C10H18N2O5. The quantitative estimate of drug-likeness (QED) is 0.305. The number of carbonyl (C=O) groups excluding carboxylic acids is 3. The number of esters is 1. The number of hydroxylamine groups is 1. The van der Waals surface area contributed by atoms with Crippen molar-refractivity contribution in [3.63, 3.8) is 0 Å². The summed E-state index contributed by atoms with van der Waals surface area (Å²) in [6.45, 7) is 3.57. The maximum Gasteiger partial charge on any atom is 0.435 e. The van der Waals surface area contributed by atoms with Crippen LogP contribution in [0.1, 0.15) is 26.7 Å². The van der Waals surface area contributed by atoms with E-state index in [0.717, 1.165) is 12.8 Å². The van der Waals surface area contributed by atoms with E-state index >= 15 is 0 Å². The Bertz CT molecular complexity index is 300. The van der Waals surface area contributed by atoms with Crippen molar-refractivity contribution < 1.29 is 25.4 Å². The number of nitrogens with one attached hydrogen (secondary N) is 1. The molecule has 2 amide bonds. The monoisotopic (exact) mass is 248 g/mol. The van der Waals surface area contributed by atoms with Gasteiger partial charge >= 0.3 is 12.1 Å². The SMILES string of the molecule is [3H]N(OC(=O)N(C)C=O)[C@@H](C)C(=O)OCCCC. The lowest BCUT2D eigenvalue weighted by atomic mass is 10.3. The van der Waals surface area contributed by atoms with E-state index in [4.69, 9.17) is 6.15 Å². The van der Waals surface area contributed by atoms with Crippen molar-refractivity contribution in [1.82, 2.24) is 10.4 Å². The minimum atomic E-state index is -1.06. The molecule has 0 saturated heterocycles. The van der Waals surface area contributed by atoms with E-state index in [1.54, 1.807) is 0 Å². The third-order valence-corrected chi connectivity index (χ3v) is 1.82. The number of amides is 2. The van der Waals surface area contributed by atoms with Gasteiger partial charge in [0.25, 0.3) is 0 Å². The van der Waals surface area contributed by atoms with Gasteiger partial charge in [-0.25, -0.2) is 4.79 Å². The van der Waals surface area contributed by atoms with Crippen molar-refractivity contribution in [2.45, 2.75) is 32.7 Å². The summed E-state index contributed by atoms with van der Waals surface area (Å²) in [5, 5.41) is 0. The molecule has 7 heteroatoms.